The van der Waals surface area contributed by atoms with Crippen molar-refractivity contribution in [3.05, 3.63) is 0 Å². The molecule has 1 atom stereocenters. The molecule has 0 saturated heterocycles. The molecule has 0 aliphatic heterocycles. The highest BCUT2D eigenvalue weighted by molar-refractivity contribution is 7.46. The molecule has 0 amide bonds. The van der Waals surface area contributed by atoms with Crippen molar-refractivity contribution in [3.63, 3.8) is 0 Å². The lowest BCUT2D eigenvalue weighted by Gasteiger charge is -2.08. The predicted molar refractivity (Wildman–Crippen MR) is 58.9 cm³/mol. The fourth-order valence-corrected chi connectivity index (χ4v) is 2.04. The van der Waals surface area contributed by atoms with Crippen molar-refractivity contribution in [3.8, 4) is 6.07 Å². The average molecular weight is 217 g/mol. The van der Waals surface area contributed by atoms with Crippen LogP contribution < -0.4 is 0 Å². The van der Waals surface area contributed by atoms with Crippen molar-refractivity contribution in [1.82, 2.24) is 0 Å². The number of nitriles is 1. The Balaban J connectivity index is 3.10. The summed E-state index contributed by atoms with van der Waals surface area (Å²) in [5.74, 6) is 0. The first kappa shape index (κ1) is 13.8. The SMILES string of the molecule is CCCCCCCP(O)OCCC#N. The second kappa shape index (κ2) is 10.9. The lowest BCUT2D eigenvalue weighted by Crippen LogP contribution is -1.92. The molecule has 0 aromatic carbocycles. The van der Waals surface area contributed by atoms with Gasteiger partial charge in [-0.3, -0.25) is 0 Å². The summed E-state index contributed by atoms with van der Waals surface area (Å²) in [5, 5.41) is 8.25. The van der Waals surface area contributed by atoms with Gasteiger partial charge in [-0.15, -0.1) is 0 Å². The fraction of sp³-hybridized carbons (Fsp3) is 0.900. The van der Waals surface area contributed by atoms with Crippen LogP contribution in [0.1, 0.15) is 45.4 Å². The van der Waals surface area contributed by atoms with Gasteiger partial charge in [0.15, 0.2) is 8.38 Å². The molecular weight excluding hydrogens is 197 g/mol. The molecular formula is C10H20NO2P. The summed E-state index contributed by atoms with van der Waals surface area (Å²) in [6.45, 7) is 2.55. The van der Waals surface area contributed by atoms with Crippen LogP contribution in [-0.2, 0) is 4.52 Å². The molecule has 0 bridgehead atoms. The highest BCUT2D eigenvalue weighted by Crippen LogP contribution is 2.32. The van der Waals surface area contributed by atoms with Crippen LogP contribution in [0.25, 0.3) is 0 Å². The van der Waals surface area contributed by atoms with Crippen LogP contribution in [0, 0.1) is 11.3 Å². The van der Waals surface area contributed by atoms with Gasteiger partial charge in [0.2, 0.25) is 0 Å². The van der Waals surface area contributed by atoms with Crippen molar-refractivity contribution in [1.29, 1.82) is 5.26 Å². The monoisotopic (exact) mass is 217 g/mol. The molecule has 14 heavy (non-hydrogen) atoms. The molecule has 1 N–H and O–H groups in total. The van der Waals surface area contributed by atoms with E-state index in [0.29, 0.717) is 13.0 Å². The van der Waals surface area contributed by atoms with E-state index in [2.05, 4.69) is 6.92 Å². The van der Waals surface area contributed by atoms with E-state index in [4.69, 9.17) is 9.79 Å². The van der Waals surface area contributed by atoms with Gasteiger partial charge in [-0.25, -0.2) is 0 Å². The number of unbranched alkanes of at least 4 members (excludes halogenated alkanes) is 4. The Morgan fingerprint density at radius 1 is 1.29 bits per heavy atom. The molecule has 0 fully saturated rings. The third-order valence-electron chi connectivity index (χ3n) is 1.91. The van der Waals surface area contributed by atoms with Crippen LogP contribution >= 0.6 is 8.38 Å². The minimum atomic E-state index is -1.26. The summed E-state index contributed by atoms with van der Waals surface area (Å²) in [6.07, 6.45) is 7.10. The van der Waals surface area contributed by atoms with Gasteiger partial charge in [-0.2, -0.15) is 5.26 Å². The van der Waals surface area contributed by atoms with Crippen LogP contribution in [-0.4, -0.2) is 17.7 Å². The summed E-state index contributed by atoms with van der Waals surface area (Å²) >= 11 is 0. The zero-order valence-electron chi connectivity index (χ0n) is 8.91. The smallest absolute Gasteiger partial charge is 0.167 e. The predicted octanol–water partition coefficient (Wildman–Crippen LogP) is 3.19. The quantitative estimate of drug-likeness (QED) is 0.476. The van der Waals surface area contributed by atoms with Crippen molar-refractivity contribution >= 4 is 8.38 Å². The van der Waals surface area contributed by atoms with Gasteiger partial charge in [0.25, 0.3) is 0 Å². The second-order valence-corrected chi connectivity index (χ2v) is 4.64. The summed E-state index contributed by atoms with van der Waals surface area (Å²) in [6, 6.07) is 1.98. The lowest BCUT2D eigenvalue weighted by molar-refractivity contribution is 0.317. The summed E-state index contributed by atoms with van der Waals surface area (Å²) in [4.78, 5) is 9.37. The van der Waals surface area contributed by atoms with Crippen molar-refractivity contribution in [2.75, 3.05) is 12.8 Å². The fourth-order valence-electron chi connectivity index (χ4n) is 1.11. The molecule has 0 rings (SSSR count). The number of hydrogen-bond donors (Lipinski definition) is 1. The van der Waals surface area contributed by atoms with E-state index in [1.807, 2.05) is 6.07 Å². The third kappa shape index (κ3) is 9.92. The first-order valence-electron chi connectivity index (χ1n) is 5.27. The molecule has 3 nitrogen and oxygen atoms in total. The Labute approximate surface area is 88.0 Å². The minimum Gasteiger partial charge on any atom is -0.350 e. The van der Waals surface area contributed by atoms with E-state index in [1.165, 1.54) is 25.7 Å². The van der Waals surface area contributed by atoms with Gasteiger partial charge in [0.05, 0.1) is 19.1 Å². The molecule has 0 saturated carbocycles. The molecule has 1 unspecified atom stereocenters. The molecule has 0 aromatic heterocycles. The Hall–Kier alpha value is -0.160. The van der Waals surface area contributed by atoms with Crippen molar-refractivity contribution in [2.24, 2.45) is 0 Å². The Morgan fingerprint density at radius 3 is 2.64 bits per heavy atom. The number of hydrogen-bond acceptors (Lipinski definition) is 3. The van der Waals surface area contributed by atoms with Gasteiger partial charge >= 0.3 is 0 Å². The molecule has 0 spiro atoms. The van der Waals surface area contributed by atoms with Gasteiger partial charge in [-0.05, 0) is 6.42 Å². The molecule has 4 heteroatoms. The van der Waals surface area contributed by atoms with Gasteiger partial charge in [-0.1, -0.05) is 32.6 Å². The van der Waals surface area contributed by atoms with Gasteiger partial charge < -0.3 is 9.42 Å². The first-order valence-corrected chi connectivity index (χ1v) is 6.67. The van der Waals surface area contributed by atoms with Gasteiger partial charge in [0, 0.05) is 6.16 Å². The summed E-state index contributed by atoms with van der Waals surface area (Å²) < 4.78 is 5.09. The van der Waals surface area contributed by atoms with E-state index in [1.54, 1.807) is 0 Å². The Bertz CT molecular complexity index is 159. The van der Waals surface area contributed by atoms with Crippen LogP contribution in [0.3, 0.4) is 0 Å². The van der Waals surface area contributed by atoms with E-state index in [-0.39, 0.29) is 0 Å². The zero-order valence-corrected chi connectivity index (χ0v) is 9.80. The number of nitrogens with zero attached hydrogens (tertiary/aromatic N) is 1. The maximum absolute atomic E-state index is 9.37. The molecule has 82 valence electrons. The molecule has 0 heterocycles. The summed E-state index contributed by atoms with van der Waals surface area (Å²) in [7, 11) is -1.26. The highest BCUT2D eigenvalue weighted by atomic mass is 31.2. The van der Waals surface area contributed by atoms with Gasteiger partial charge in [0.1, 0.15) is 0 Å². The maximum atomic E-state index is 9.37. The van der Waals surface area contributed by atoms with E-state index >= 15 is 0 Å². The molecule has 0 radical (unpaired) electrons. The maximum Gasteiger partial charge on any atom is 0.167 e. The normalized spacial score (nSPS) is 12.4. The number of rotatable bonds is 9. The third-order valence-corrected chi connectivity index (χ3v) is 3.09. The van der Waals surface area contributed by atoms with E-state index in [0.717, 1.165) is 12.6 Å². The standard InChI is InChI=1S/C10H20NO2P/c1-2-3-4-5-6-10-14(12)13-9-7-8-11/h12H,2-7,9-10H2,1H3. The topological polar surface area (TPSA) is 53.2 Å². The van der Waals surface area contributed by atoms with Crippen LogP contribution in [0.2, 0.25) is 0 Å². The first-order chi connectivity index (χ1) is 6.81. The van der Waals surface area contributed by atoms with Crippen LogP contribution in [0.5, 0.6) is 0 Å². The molecule has 0 aliphatic carbocycles. The Morgan fingerprint density at radius 2 is 2.00 bits per heavy atom. The highest BCUT2D eigenvalue weighted by Gasteiger charge is 2.03. The minimum absolute atomic E-state index is 0.369. The van der Waals surface area contributed by atoms with E-state index < -0.39 is 8.38 Å². The zero-order chi connectivity index (χ0) is 10.6. The Kier molecular flexibility index (Phi) is 10.8. The molecule has 0 aliphatic rings. The van der Waals surface area contributed by atoms with Crippen LogP contribution in [0.4, 0.5) is 0 Å². The average Bonchev–Trinajstić information content (AvgIpc) is 2.18. The van der Waals surface area contributed by atoms with Crippen LogP contribution in [0.15, 0.2) is 0 Å². The van der Waals surface area contributed by atoms with E-state index in [9.17, 15) is 4.89 Å². The molecule has 0 aromatic rings. The second-order valence-electron chi connectivity index (χ2n) is 3.23. The van der Waals surface area contributed by atoms with Crippen molar-refractivity contribution in [2.45, 2.75) is 45.4 Å². The largest absolute Gasteiger partial charge is 0.350 e. The lowest BCUT2D eigenvalue weighted by atomic mass is 10.2. The summed E-state index contributed by atoms with van der Waals surface area (Å²) in [5.41, 5.74) is 0. The van der Waals surface area contributed by atoms with Crippen molar-refractivity contribution < 1.29 is 9.42 Å².